The molecule has 0 aliphatic heterocycles. The molecule has 2 heterocycles. The highest BCUT2D eigenvalue weighted by molar-refractivity contribution is 9.10. The van der Waals surface area contributed by atoms with E-state index in [1.807, 2.05) is 42.5 Å². The Kier molecular flexibility index (Phi) is 6.87. The van der Waals surface area contributed by atoms with Crippen LogP contribution in [-0.2, 0) is 0 Å². The lowest BCUT2D eigenvalue weighted by Crippen LogP contribution is -2.19. The first-order valence-corrected chi connectivity index (χ1v) is 12.0. The summed E-state index contributed by atoms with van der Waals surface area (Å²) in [6.07, 6.45) is 2.80. The summed E-state index contributed by atoms with van der Waals surface area (Å²) < 4.78 is 16.8. The van der Waals surface area contributed by atoms with Gasteiger partial charge >= 0.3 is 5.97 Å². The number of hydrogen-bond acceptors (Lipinski definition) is 6. The molecule has 1 amide bonds. The van der Waals surface area contributed by atoms with Gasteiger partial charge in [0, 0.05) is 21.0 Å². The number of hydrogen-bond donors (Lipinski definition) is 2. The first kappa shape index (κ1) is 24.1. The van der Waals surface area contributed by atoms with Crippen LogP contribution in [0, 0.1) is 0 Å². The Bertz CT molecular complexity index is 1610. The number of furan rings is 1. The monoisotopic (exact) mass is 557 g/mol. The van der Waals surface area contributed by atoms with Crippen molar-refractivity contribution in [1.29, 1.82) is 0 Å². The molecule has 0 aliphatic rings. The van der Waals surface area contributed by atoms with Crippen LogP contribution < -0.4 is 14.9 Å². The highest BCUT2D eigenvalue weighted by atomic mass is 79.9. The Morgan fingerprint density at radius 3 is 2.51 bits per heavy atom. The van der Waals surface area contributed by atoms with Crippen LogP contribution >= 0.6 is 15.9 Å². The largest absolute Gasteiger partial charge is 0.495 e. The molecule has 0 saturated carbocycles. The third kappa shape index (κ3) is 4.89. The molecule has 5 rings (SSSR count). The van der Waals surface area contributed by atoms with Gasteiger partial charge in [-0.15, -0.1) is 0 Å². The molecule has 2 N–H and O–H groups in total. The Morgan fingerprint density at radius 2 is 1.76 bits per heavy atom. The molecule has 0 aliphatic carbocycles. The number of aromatic nitrogens is 1. The molecule has 2 aromatic heterocycles. The normalized spacial score (nSPS) is 11.1. The minimum Gasteiger partial charge on any atom is -0.495 e. The fourth-order valence-electron chi connectivity index (χ4n) is 3.91. The van der Waals surface area contributed by atoms with Gasteiger partial charge < -0.3 is 18.9 Å². The van der Waals surface area contributed by atoms with Crippen molar-refractivity contribution in [2.24, 2.45) is 5.10 Å². The summed E-state index contributed by atoms with van der Waals surface area (Å²) in [7, 11) is 1.58. The van der Waals surface area contributed by atoms with Crippen LogP contribution in [0.5, 0.6) is 11.5 Å². The molecular formula is C28H20BrN3O5. The molecule has 37 heavy (non-hydrogen) atoms. The first-order chi connectivity index (χ1) is 18.1. The average Bonchev–Trinajstić information content (AvgIpc) is 3.60. The highest BCUT2D eigenvalue weighted by Gasteiger charge is 2.23. The van der Waals surface area contributed by atoms with E-state index in [4.69, 9.17) is 13.9 Å². The number of halogens is 1. The number of nitrogens with zero attached hydrogens (tertiary/aromatic N) is 1. The van der Waals surface area contributed by atoms with E-state index in [-0.39, 0.29) is 11.5 Å². The summed E-state index contributed by atoms with van der Waals surface area (Å²) in [4.78, 5) is 28.8. The molecule has 8 nitrogen and oxygen atoms in total. The van der Waals surface area contributed by atoms with Crippen molar-refractivity contribution in [2.75, 3.05) is 7.11 Å². The Balaban J connectivity index is 1.45. The maximum Gasteiger partial charge on any atom is 0.379 e. The maximum atomic E-state index is 13.3. The number of rotatable bonds is 7. The van der Waals surface area contributed by atoms with E-state index in [0.717, 1.165) is 15.4 Å². The zero-order chi connectivity index (χ0) is 25.8. The van der Waals surface area contributed by atoms with Crippen molar-refractivity contribution >= 4 is 44.9 Å². The predicted octanol–water partition coefficient (Wildman–Crippen LogP) is 6.18. The molecule has 0 spiro atoms. The molecule has 3 aromatic carbocycles. The molecular weight excluding hydrogens is 538 g/mol. The molecule has 0 saturated heterocycles. The van der Waals surface area contributed by atoms with Gasteiger partial charge in [-0.2, -0.15) is 5.10 Å². The van der Waals surface area contributed by atoms with Gasteiger partial charge in [-0.1, -0.05) is 58.4 Å². The number of esters is 1. The first-order valence-electron chi connectivity index (χ1n) is 11.2. The number of H-pyrrole nitrogens is 1. The molecule has 0 bridgehead atoms. The van der Waals surface area contributed by atoms with E-state index < -0.39 is 11.9 Å². The number of carbonyl (C=O) groups is 2. The van der Waals surface area contributed by atoms with Crippen LogP contribution in [0.4, 0.5) is 0 Å². The number of nitrogens with one attached hydrogen (secondary N) is 2. The predicted molar refractivity (Wildman–Crippen MR) is 143 cm³/mol. The van der Waals surface area contributed by atoms with E-state index >= 15 is 0 Å². The minimum absolute atomic E-state index is 0.0777. The van der Waals surface area contributed by atoms with Gasteiger partial charge in [0.05, 0.1) is 25.1 Å². The van der Waals surface area contributed by atoms with Crippen LogP contribution in [0.3, 0.4) is 0 Å². The lowest BCUT2D eigenvalue weighted by Gasteiger charge is -2.07. The smallest absolute Gasteiger partial charge is 0.379 e. The average molecular weight is 558 g/mol. The van der Waals surface area contributed by atoms with Gasteiger partial charge in [-0.3, -0.25) is 4.79 Å². The van der Waals surface area contributed by atoms with E-state index in [0.29, 0.717) is 28.1 Å². The molecule has 5 aromatic rings. The minimum atomic E-state index is -0.639. The Morgan fingerprint density at radius 1 is 0.973 bits per heavy atom. The third-order valence-corrected chi connectivity index (χ3v) is 6.25. The summed E-state index contributed by atoms with van der Waals surface area (Å²) in [5.41, 5.74) is 5.63. The van der Waals surface area contributed by atoms with Crippen molar-refractivity contribution < 1.29 is 23.5 Å². The molecule has 0 atom stereocenters. The molecule has 9 heteroatoms. The van der Waals surface area contributed by atoms with Gasteiger partial charge in [-0.25, -0.2) is 10.2 Å². The van der Waals surface area contributed by atoms with Gasteiger partial charge in [0.2, 0.25) is 5.76 Å². The van der Waals surface area contributed by atoms with Crippen molar-refractivity contribution in [3.8, 4) is 22.6 Å². The maximum absolute atomic E-state index is 13.3. The summed E-state index contributed by atoms with van der Waals surface area (Å²) in [6, 6.07) is 23.2. The van der Waals surface area contributed by atoms with E-state index in [1.165, 1.54) is 18.5 Å². The lowest BCUT2D eigenvalue weighted by atomic mass is 10.0. The number of methoxy groups -OCH3 is 1. The SMILES string of the molecule is COc1ccc(Br)c2c(-c3ccccc3)c(C(=O)NN=Cc3ccccc3OC(=O)c3ccco3)[nH]c12. The van der Waals surface area contributed by atoms with Gasteiger partial charge in [-0.05, 0) is 42.0 Å². The fourth-order valence-corrected chi connectivity index (χ4v) is 4.44. The summed E-state index contributed by atoms with van der Waals surface area (Å²) in [5.74, 6) is -0.143. The number of para-hydroxylation sites is 1. The fraction of sp³-hybridized carbons (Fsp3) is 0.0357. The number of ether oxygens (including phenoxy) is 2. The second-order valence-corrected chi connectivity index (χ2v) is 8.70. The Hall–Kier alpha value is -4.63. The Labute approximate surface area is 220 Å². The number of hydrazone groups is 1. The quantitative estimate of drug-likeness (QED) is 0.107. The van der Waals surface area contributed by atoms with Crippen LogP contribution in [0.1, 0.15) is 26.6 Å². The highest BCUT2D eigenvalue weighted by Crippen LogP contribution is 2.40. The van der Waals surface area contributed by atoms with E-state index in [2.05, 4.69) is 31.4 Å². The third-order valence-electron chi connectivity index (χ3n) is 5.59. The number of aromatic amines is 1. The summed E-state index contributed by atoms with van der Waals surface area (Å²) >= 11 is 3.61. The summed E-state index contributed by atoms with van der Waals surface area (Å²) in [5, 5.41) is 4.93. The number of benzene rings is 3. The van der Waals surface area contributed by atoms with Gasteiger partial charge in [0.1, 0.15) is 17.2 Å². The molecule has 0 unspecified atom stereocenters. The van der Waals surface area contributed by atoms with Crippen LogP contribution in [0.2, 0.25) is 0 Å². The lowest BCUT2D eigenvalue weighted by molar-refractivity contribution is 0.0701. The van der Waals surface area contributed by atoms with Crippen molar-refractivity contribution in [1.82, 2.24) is 10.4 Å². The van der Waals surface area contributed by atoms with Crippen LogP contribution in [-0.4, -0.2) is 30.2 Å². The second-order valence-electron chi connectivity index (χ2n) is 7.84. The van der Waals surface area contributed by atoms with Crippen LogP contribution in [0.25, 0.3) is 22.0 Å². The van der Waals surface area contributed by atoms with Crippen molar-refractivity contribution in [3.63, 3.8) is 0 Å². The zero-order valence-electron chi connectivity index (χ0n) is 19.5. The second kappa shape index (κ2) is 10.5. The molecule has 184 valence electrons. The number of fused-ring (bicyclic) bond motifs is 1. The standard InChI is InChI=1S/C28H20BrN3O5/c1-35-21-14-13-19(29)24-23(17-8-3-2-4-9-17)26(31-25(21)24)27(33)32-30-16-18-10-5-6-11-20(18)37-28(34)22-12-7-15-36-22/h2-16,31H,1H3,(H,32,33). The van der Waals surface area contributed by atoms with Gasteiger partial charge in [0.15, 0.2) is 0 Å². The summed E-state index contributed by atoms with van der Waals surface area (Å²) in [6.45, 7) is 0. The topological polar surface area (TPSA) is 106 Å². The zero-order valence-corrected chi connectivity index (χ0v) is 21.1. The molecule has 0 fully saturated rings. The van der Waals surface area contributed by atoms with E-state index in [1.54, 1.807) is 37.4 Å². The van der Waals surface area contributed by atoms with Crippen LogP contribution in [0.15, 0.2) is 99.1 Å². The van der Waals surface area contributed by atoms with Gasteiger partial charge in [0.25, 0.3) is 5.91 Å². The van der Waals surface area contributed by atoms with Crippen molar-refractivity contribution in [2.45, 2.75) is 0 Å². The van der Waals surface area contributed by atoms with E-state index in [9.17, 15) is 9.59 Å². The van der Waals surface area contributed by atoms with Crippen molar-refractivity contribution in [3.05, 3.63) is 107 Å². The number of amides is 1. The molecule has 0 radical (unpaired) electrons. The number of carbonyl (C=O) groups excluding carboxylic acids is 2.